The molecule has 0 saturated heterocycles. The molecule has 5 heteroatoms. The number of hydrogen-bond donors (Lipinski definition) is 2. The predicted molar refractivity (Wildman–Crippen MR) is 61.1 cm³/mol. The molecule has 0 aromatic heterocycles. The van der Waals surface area contributed by atoms with Gasteiger partial charge in [0.2, 0.25) is 0 Å². The molecule has 1 aromatic rings. The van der Waals surface area contributed by atoms with Gasteiger partial charge in [0.05, 0.1) is 0 Å². The highest BCUT2D eigenvalue weighted by molar-refractivity contribution is 7.90. The molecule has 16 heavy (non-hydrogen) atoms. The third kappa shape index (κ3) is 1.70. The molecule has 0 fully saturated rings. The summed E-state index contributed by atoms with van der Waals surface area (Å²) in [7, 11) is -3.39. The predicted octanol–water partition coefficient (Wildman–Crippen LogP) is 0.743. The number of sulfone groups is 1. The van der Waals surface area contributed by atoms with E-state index in [0.717, 1.165) is 36.6 Å². The van der Waals surface area contributed by atoms with E-state index in [-0.39, 0.29) is 17.2 Å². The van der Waals surface area contributed by atoms with E-state index in [1.54, 1.807) is 6.07 Å². The zero-order valence-electron chi connectivity index (χ0n) is 9.16. The van der Waals surface area contributed by atoms with Crippen LogP contribution in [-0.4, -0.2) is 19.8 Å². The molecular formula is C11H15NO3S. The van der Waals surface area contributed by atoms with Crippen LogP contribution in [0.5, 0.6) is 5.75 Å². The normalized spacial score (nSPS) is 15.1. The Balaban J connectivity index is 2.76. The monoisotopic (exact) mass is 241 g/mol. The molecule has 0 spiro atoms. The maximum Gasteiger partial charge on any atom is 0.179 e. The molecule has 0 unspecified atom stereocenters. The van der Waals surface area contributed by atoms with Crippen molar-refractivity contribution in [2.45, 2.75) is 30.7 Å². The van der Waals surface area contributed by atoms with Crippen molar-refractivity contribution in [1.29, 1.82) is 0 Å². The van der Waals surface area contributed by atoms with Gasteiger partial charge in [-0.05, 0) is 36.5 Å². The number of aryl methyl sites for hydroxylation is 1. The van der Waals surface area contributed by atoms with E-state index in [2.05, 4.69) is 0 Å². The van der Waals surface area contributed by atoms with Crippen LogP contribution in [0.4, 0.5) is 0 Å². The summed E-state index contributed by atoms with van der Waals surface area (Å²) in [5.74, 6) is -0.161. The summed E-state index contributed by atoms with van der Waals surface area (Å²) in [4.78, 5) is 0.00796. The van der Waals surface area contributed by atoms with E-state index in [9.17, 15) is 13.5 Å². The molecule has 3 N–H and O–H groups in total. The number of rotatable bonds is 2. The Hall–Kier alpha value is -1.07. The fourth-order valence-electron chi connectivity index (χ4n) is 2.29. The second-order valence-electron chi connectivity index (χ2n) is 4.17. The van der Waals surface area contributed by atoms with Crippen molar-refractivity contribution in [2.24, 2.45) is 5.73 Å². The molecule has 0 aliphatic heterocycles. The van der Waals surface area contributed by atoms with E-state index >= 15 is 0 Å². The van der Waals surface area contributed by atoms with Crippen LogP contribution in [0.25, 0.3) is 0 Å². The maximum atomic E-state index is 11.5. The highest BCUT2D eigenvalue weighted by Crippen LogP contribution is 2.36. The van der Waals surface area contributed by atoms with E-state index in [4.69, 9.17) is 5.73 Å². The van der Waals surface area contributed by atoms with Gasteiger partial charge in [-0.1, -0.05) is 0 Å². The molecule has 2 rings (SSSR count). The number of aromatic hydroxyl groups is 1. The standard InChI is InChI=1S/C11H15NO3S/c1-16(14,15)10-5-7-3-2-4-8(7)9(6-12)11(10)13/h5,13H,2-4,6,12H2,1H3. The zero-order valence-corrected chi connectivity index (χ0v) is 9.97. The molecule has 0 saturated carbocycles. The lowest BCUT2D eigenvalue weighted by atomic mass is 10.0. The molecule has 0 bridgehead atoms. The molecular weight excluding hydrogens is 226 g/mol. The molecule has 0 radical (unpaired) electrons. The van der Waals surface area contributed by atoms with Gasteiger partial charge < -0.3 is 10.8 Å². The third-order valence-electron chi connectivity index (χ3n) is 3.05. The Kier molecular flexibility index (Phi) is 2.67. The SMILES string of the molecule is CS(=O)(=O)c1cc2c(c(CN)c1O)CCC2. The van der Waals surface area contributed by atoms with Crippen molar-refractivity contribution in [2.75, 3.05) is 6.26 Å². The first-order valence-electron chi connectivity index (χ1n) is 5.22. The number of hydrogen-bond acceptors (Lipinski definition) is 4. The Labute approximate surface area is 95.0 Å². The Morgan fingerprint density at radius 1 is 1.44 bits per heavy atom. The van der Waals surface area contributed by atoms with Crippen molar-refractivity contribution < 1.29 is 13.5 Å². The van der Waals surface area contributed by atoms with Crippen LogP contribution in [0.15, 0.2) is 11.0 Å². The number of phenolic OH excluding ortho intramolecular Hbond substituents is 1. The van der Waals surface area contributed by atoms with Gasteiger partial charge in [0.15, 0.2) is 9.84 Å². The summed E-state index contributed by atoms with van der Waals surface area (Å²) >= 11 is 0. The Bertz CT molecular complexity index is 535. The van der Waals surface area contributed by atoms with Crippen LogP contribution in [0, 0.1) is 0 Å². The smallest absolute Gasteiger partial charge is 0.179 e. The van der Waals surface area contributed by atoms with Crippen molar-refractivity contribution >= 4 is 9.84 Å². The lowest BCUT2D eigenvalue weighted by molar-refractivity contribution is 0.451. The minimum Gasteiger partial charge on any atom is -0.506 e. The molecule has 88 valence electrons. The molecule has 4 nitrogen and oxygen atoms in total. The molecule has 1 aliphatic carbocycles. The summed E-state index contributed by atoms with van der Waals surface area (Å²) in [6.07, 6.45) is 3.84. The van der Waals surface area contributed by atoms with Crippen LogP contribution < -0.4 is 5.73 Å². The van der Waals surface area contributed by atoms with Gasteiger partial charge in [-0.15, -0.1) is 0 Å². The van der Waals surface area contributed by atoms with Gasteiger partial charge in [-0.25, -0.2) is 8.42 Å². The first kappa shape index (κ1) is 11.4. The summed E-state index contributed by atoms with van der Waals surface area (Å²) in [6, 6.07) is 1.59. The van der Waals surface area contributed by atoms with Crippen LogP contribution >= 0.6 is 0 Å². The fraction of sp³-hybridized carbons (Fsp3) is 0.455. The largest absolute Gasteiger partial charge is 0.506 e. The third-order valence-corrected chi connectivity index (χ3v) is 4.16. The minimum atomic E-state index is -3.39. The highest BCUT2D eigenvalue weighted by atomic mass is 32.2. The first-order valence-corrected chi connectivity index (χ1v) is 7.11. The van der Waals surface area contributed by atoms with E-state index in [1.807, 2.05) is 0 Å². The summed E-state index contributed by atoms with van der Waals surface area (Å²) in [6.45, 7) is 0.178. The van der Waals surface area contributed by atoms with Gasteiger partial charge >= 0.3 is 0 Å². The van der Waals surface area contributed by atoms with Crippen molar-refractivity contribution in [3.05, 3.63) is 22.8 Å². The second-order valence-corrected chi connectivity index (χ2v) is 6.15. The lowest BCUT2D eigenvalue weighted by Crippen LogP contribution is -2.07. The number of benzene rings is 1. The quantitative estimate of drug-likeness (QED) is 0.800. The summed E-state index contributed by atoms with van der Waals surface area (Å²) in [5.41, 5.74) is 8.22. The Morgan fingerprint density at radius 3 is 2.69 bits per heavy atom. The van der Waals surface area contributed by atoms with E-state index in [0.29, 0.717) is 5.56 Å². The topological polar surface area (TPSA) is 80.4 Å². The molecule has 0 heterocycles. The van der Waals surface area contributed by atoms with Crippen molar-refractivity contribution in [1.82, 2.24) is 0 Å². The molecule has 0 amide bonds. The van der Waals surface area contributed by atoms with E-state index in [1.165, 1.54) is 0 Å². The van der Waals surface area contributed by atoms with E-state index < -0.39 is 9.84 Å². The second kappa shape index (κ2) is 3.75. The number of fused-ring (bicyclic) bond motifs is 1. The molecule has 1 aliphatic rings. The first-order chi connectivity index (χ1) is 7.45. The summed E-state index contributed by atoms with van der Waals surface area (Å²) in [5, 5.41) is 9.93. The van der Waals surface area contributed by atoms with Crippen molar-refractivity contribution in [3.8, 4) is 5.75 Å². The van der Waals surface area contributed by atoms with Gasteiger partial charge in [-0.2, -0.15) is 0 Å². The fourth-order valence-corrected chi connectivity index (χ4v) is 3.12. The summed E-state index contributed by atoms with van der Waals surface area (Å²) < 4.78 is 23.0. The Morgan fingerprint density at radius 2 is 2.12 bits per heavy atom. The molecule has 1 aromatic carbocycles. The average Bonchev–Trinajstić information content (AvgIpc) is 2.62. The number of nitrogens with two attached hydrogens (primary N) is 1. The van der Waals surface area contributed by atoms with Gasteiger partial charge in [0.25, 0.3) is 0 Å². The highest BCUT2D eigenvalue weighted by Gasteiger charge is 2.24. The van der Waals surface area contributed by atoms with Crippen LogP contribution in [0.2, 0.25) is 0 Å². The molecule has 0 atom stereocenters. The van der Waals surface area contributed by atoms with Gasteiger partial charge in [0.1, 0.15) is 10.6 Å². The van der Waals surface area contributed by atoms with Gasteiger partial charge in [0, 0.05) is 18.4 Å². The van der Waals surface area contributed by atoms with Crippen molar-refractivity contribution in [3.63, 3.8) is 0 Å². The van der Waals surface area contributed by atoms with Crippen LogP contribution in [-0.2, 0) is 29.2 Å². The average molecular weight is 241 g/mol. The zero-order chi connectivity index (χ0) is 11.9. The van der Waals surface area contributed by atoms with Crippen LogP contribution in [0.3, 0.4) is 0 Å². The maximum absolute atomic E-state index is 11.5. The number of phenols is 1. The van der Waals surface area contributed by atoms with Gasteiger partial charge in [-0.3, -0.25) is 0 Å². The minimum absolute atomic E-state index is 0.00796. The lowest BCUT2D eigenvalue weighted by Gasteiger charge is -2.12. The van der Waals surface area contributed by atoms with Crippen LogP contribution in [0.1, 0.15) is 23.1 Å².